The van der Waals surface area contributed by atoms with Gasteiger partial charge in [0.15, 0.2) is 0 Å². The van der Waals surface area contributed by atoms with Gasteiger partial charge in [-0.25, -0.2) is 0 Å². The van der Waals surface area contributed by atoms with Gasteiger partial charge in [-0.05, 0) is 42.4 Å². The summed E-state index contributed by atoms with van der Waals surface area (Å²) in [6, 6.07) is 8.29. The summed E-state index contributed by atoms with van der Waals surface area (Å²) < 4.78 is 0. The second kappa shape index (κ2) is 4.35. The predicted octanol–water partition coefficient (Wildman–Crippen LogP) is 4.45. The van der Waals surface area contributed by atoms with E-state index in [9.17, 15) is 0 Å². The van der Waals surface area contributed by atoms with Gasteiger partial charge in [0.25, 0.3) is 0 Å². The maximum absolute atomic E-state index is 5.87. The summed E-state index contributed by atoms with van der Waals surface area (Å²) in [5, 5.41) is 0.829. The van der Waals surface area contributed by atoms with Crippen LogP contribution in [0.2, 0.25) is 5.02 Å². The standard InChI is InChI=1S/C13H16Cl/c1-10-3-2-4-12(9-10)11-5-7-13(14)8-6-11/h5-8,10,12H,1-4,9H2. The fourth-order valence-electron chi connectivity index (χ4n) is 2.33. The third-order valence-corrected chi connectivity index (χ3v) is 3.38. The van der Waals surface area contributed by atoms with Crippen LogP contribution in [0.5, 0.6) is 0 Å². The van der Waals surface area contributed by atoms with Gasteiger partial charge in [-0.2, -0.15) is 0 Å². The van der Waals surface area contributed by atoms with Crippen molar-refractivity contribution in [1.82, 2.24) is 0 Å². The SMILES string of the molecule is [CH2]C1CCCC(c2ccc(Cl)cc2)C1. The minimum absolute atomic E-state index is 0.643. The van der Waals surface area contributed by atoms with Crippen molar-refractivity contribution in [3.63, 3.8) is 0 Å². The predicted molar refractivity (Wildman–Crippen MR) is 61.5 cm³/mol. The molecule has 1 heteroatoms. The zero-order valence-electron chi connectivity index (χ0n) is 8.38. The highest BCUT2D eigenvalue weighted by molar-refractivity contribution is 6.30. The summed E-state index contributed by atoms with van der Waals surface area (Å²) in [6.45, 7) is 4.16. The molecule has 1 radical (unpaired) electrons. The Morgan fingerprint density at radius 2 is 1.86 bits per heavy atom. The molecule has 0 aromatic heterocycles. The average Bonchev–Trinajstić information content (AvgIpc) is 2.19. The Labute approximate surface area is 91.3 Å². The molecule has 2 unspecified atom stereocenters. The van der Waals surface area contributed by atoms with Crippen molar-refractivity contribution in [3.05, 3.63) is 41.8 Å². The maximum Gasteiger partial charge on any atom is 0.0406 e. The van der Waals surface area contributed by atoms with Crippen LogP contribution >= 0.6 is 11.6 Å². The van der Waals surface area contributed by atoms with Crippen molar-refractivity contribution in [2.24, 2.45) is 5.92 Å². The summed E-state index contributed by atoms with van der Waals surface area (Å²) in [5.41, 5.74) is 1.43. The van der Waals surface area contributed by atoms with Crippen LogP contribution in [-0.2, 0) is 0 Å². The minimum atomic E-state index is 0.643. The maximum atomic E-state index is 5.87. The first-order valence-electron chi connectivity index (χ1n) is 5.34. The monoisotopic (exact) mass is 207 g/mol. The third-order valence-electron chi connectivity index (χ3n) is 3.12. The van der Waals surface area contributed by atoms with Crippen LogP contribution < -0.4 is 0 Å². The molecule has 0 nitrogen and oxygen atoms in total. The molecule has 0 amide bonds. The smallest absolute Gasteiger partial charge is 0.0406 e. The zero-order valence-corrected chi connectivity index (χ0v) is 9.13. The number of halogens is 1. The molecule has 1 saturated carbocycles. The van der Waals surface area contributed by atoms with Crippen molar-refractivity contribution >= 4 is 11.6 Å². The highest BCUT2D eigenvalue weighted by Gasteiger charge is 2.19. The van der Waals surface area contributed by atoms with E-state index < -0.39 is 0 Å². The van der Waals surface area contributed by atoms with Gasteiger partial charge in [0.2, 0.25) is 0 Å². The number of benzene rings is 1. The van der Waals surface area contributed by atoms with Crippen molar-refractivity contribution in [2.75, 3.05) is 0 Å². The molecule has 0 N–H and O–H groups in total. The summed E-state index contributed by atoms with van der Waals surface area (Å²) in [5.74, 6) is 1.35. The fraction of sp³-hybridized carbons (Fsp3) is 0.462. The molecular formula is C13H16Cl. The minimum Gasteiger partial charge on any atom is -0.0843 e. The van der Waals surface area contributed by atoms with Crippen LogP contribution in [0.25, 0.3) is 0 Å². The van der Waals surface area contributed by atoms with Gasteiger partial charge in [0, 0.05) is 5.02 Å². The molecule has 14 heavy (non-hydrogen) atoms. The lowest BCUT2D eigenvalue weighted by molar-refractivity contribution is 0.370. The summed E-state index contributed by atoms with van der Waals surface area (Å²) in [4.78, 5) is 0. The lowest BCUT2D eigenvalue weighted by Crippen LogP contribution is -2.11. The van der Waals surface area contributed by atoms with Crippen molar-refractivity contribution < 1.29 is 0 Å². The first kappa shape index (κ1) is 10.0. The van der Waals surface area contributed by atoms with Crippen molar-refractivity contribution in [1.29, 1.82) is 0 Å². The van der Waals surface area contributed by atoms with Gasteiger partial charge in [-0.15, -0.1) is 0 Å². The second-order valence-electron chi connectivity index (χ2n) is 4.28. The van der Waals surface area contributed by atoms with E-state index >= 15 is 0 Å². The van der Waals surface area contributed by atoms with Crippen LogP contribution in [-0.4, -0.2) is 0 Å². The normalized spacial score (nSPS) is 27.6. The highest BCUT2D eigenvalue weighted by atomic mass is 35.5. The van der Waals surface area contributed by atoms with Crippen LogP contribution in [0.1, 0.15) is 37.2 Å². The van der Waals surface area contributed by atoms with Crippen LogP contribution in [0.3, 0.4) is 0 Å². The Morgan fingerprint density at radius 1 is 1.14 bits per heavy atom. The van der Waals surface area contributed by atoms with Gasteiger partial charge in [-0.3, -0.25) is 0 Å². The molecule has 0 heterocycles. The van der Waals surface area contributed by atoms with Crippen molar-refractivity contribution in [3.8, 4) is 0 Å². The lowest BCUT2D eigenvalue weighted by atomic mass is 9.79. The van der Waals surface area contributed by atoms with Gasteiger partial charge in [0.05, 0.1) is 0 Å². The Hall–Kier alpha value is -0.490. The Kier molecular flexibility index (Phi) is 3.12. The van der Waals surface area contributed by atoms with E-state index in [-0.39, 0.29) is 0 Å². The molecule has 1 aromatic rings. The quantitative estimate of drug-likeness (QED) is 0.639. The molecule has 1 aliphatic carbocycles. The molecule has 0 spiro atoms. The van der Waals surface area contributed by atoms with E-state index in [4.69, 9.17) is 11.6 Å². The molecule has 0 aliphatic heterocycles. The molecule has 1 fully saturated rings. The molecule has 0 bridgehead atoms. The molecule has 2 rings (SSSR count). The first-order chi connectivity index (χ1) is 6.75. The average molecular weight is 208 g/mol. The van der Waals surface area contributed by atoms with Gasteiger partial charge in [-0.1, -0.05) is 43.5 Å². The van der Waals surface area contributed by atoms with E-state index in [1.807, 2.05) is 12.1 Å². The second-order valence-corrected chi connectivity index (χ2v) is 4.72. The number of rotatable bonds is 1. The first-order valence-corrected chi connectivity index (χ1v) is 5.72. The summed E-state index contributed by atoms with van der Waals surface area (Å²) >= 11 is 5.87. The summed E-state index contributed by atoms with van der Waals surface area (Å²) in [7, 11) is 0. The van der Waals surface area contributed by atoms with Gasteiger partial charge in [0.1, 0.15) is 0 Å². The molecule has 2 atom stereocenters. The Morgan fingerprint density at radius 3 is 2.50 bits per heavy atom. The number of hydrogen-bond acceptors (Lipinski definition) is 0. The van der Waals surface area contributed by atoms with E-state index in [0.717, 1.165) is 5.02 Å². The van der Waals surface area contributed by atoms with Crippen LogP contribution in [0.4, 0.5) is 0 Å². The summed E-state index contributed by atoms with van der Waals surface area (Å²) in [6.07, 6.45) is 5.17. The Bertz CT molecular complexity index is 289. The number of hydrogen-bond donors (Lipinski definition) is 0. The topological polar surface area (TPSA) is 0 Å². The molecule has 1 aliphatic rings. The van der Waals surface area contributed by atoms with E-state index in [1.54, 1.807) is 0 Å². The Balaban J connectivity index is 2.10. The molecule has 1 aromatic carbocycles. The lowest BCUT2D eigenvalue weighted by Gasteiger charge is -2.26. The third kappa shape index (κ3) is 2.30. The largest absolute Gasteiger partial charge is 0.0843 e. The van der Waals surface area contributed by atoms with Crippen LogP contribution in [0.15, 0.2) is 24.3 Å². The van der Waals surface area contributed by atoms with Crippen molar-refractivity contribution in [2.45, 2.75) is 31.6 Å². The molecular weight excluding hydrogens is 192 g/mol. The van der Waals surface area contributed by atoms with E-state index in [1.165, 1.54) is 31.2 Å². The van der Waals surface area contributed by atoms with Gasteiger partial charge >= 0.3 is 0 Å². The zero-order chi connectivity index (χ0) is 9.97. The van der Waals surface area contributed by atoms with E-state index in [0.29, 0.717) is 11.8 Å². The van der Waals surface area contributed by atoms with E-state index in [2.05, 4.69) is 19.1 Å². The molecule has 0 saturated heterocycles. The fourth-order valence-corrected chi connectivity index (χ4v) is 2.45. The molecule has 75 valence electrons. The van der Waals surface area contributed by atoms with Gasteiger partial charge < -0.3 is 0 Å². The highest BCUT2D eigenvalue weighted by Crippen LogP contribution is 2.35. The van der Waals surface area contributed by atoms with Crippen LogP contribution in [0, 0.1) is 12.8 Å².